The van der Waals surface area contributed by atoms with Crippen LogP contribution in [0, 0.1) is 0 Å². The van der Waals surface area contributed by atoms with Gasteiger partial charge in [-0.15, -0.1) is 0 Å². The van der Waals surface area contributed by atoms with E-state index in [-0.39, 0.29) is 5.91 Å². The molecule has 1 aliphatic carbocycles. The molecule has 0 radical (unpaired) electrons. The van der Waals surface area contributed by atoms with Crippen LogP contribution >= 0.6 is 0 Å². The topological polar surface area (TPSA) is 95.9 Å². The second kappa shape index (κ2) is 9.33. The first-order valence-electron chi connectivity index (χ1n) is 10.1. The minimum Gasteiger partial charge on any atom is -0.475 e. The number of hydrogen-bond acceptors (Lipinski definition) is 6. The van der Waals surface area contributed by atoms with Crippen LogP contribution in [0.3, 0.4) is 0 Å². The Morgan fingerprint density at radius 2 is 1.68 bits per heavy atom. The Morgan fingerprint density at radius 3 is 2.23 bits per heavy atom. The SMILES string of the molecule is O=C(N1CCc2ncnc(N3CCOCC3)c2CC1)C1(F)CCC1.O=C(O)C(F)(F)F. The highest BCUT2D eigenvalue weighted by Gasteiger charge is 2.47. The first-order valence-corrected chi connectivity index (χ1v) is 10.1. The van der Waals surface area contributed by atoms with Crippen molar-refractivity contribution < 1.29 is 37.0 Å². The van der Waals surface area contributed by atoms with E-state index in [2.05, 4.69) is 14.9 Å². The number of hydrogen-bond donors (Lipinski definition) is 1. The zero-order valence-electron chi connectivity index (χ0n) is 16.8. The number of fused-ring (bicyclic) bond motifs is 1. The Balaban J connectivity index is 0.000000339. The van der Waals surface area contributed by atoms with Gasteiger partial charge in [-0.25, -0.2) is 19.2 Å². The van der Waals surface area contributed by atoms with Crippen LogP contribution in [0.4, 0.5) is 23.4 Å². The predicted molar refractivity (Wildman–Crippen MR) is 100 cm³/mol. The summed E-state index contributed by atoms with van der Waals surface area (Å²) in [7, 11) is 0. The standard InChI is InChI=1S/C17H23FN4O2.C2HF3O2/c18-17(4-1-5-17)16(23)22-6-2-13-14(3-7-22)19-12-20-15(13)21-8-10-24-11-9-21;3-2(4,5)1(6)7/h12H,1-11H2;(H,6,7). The summed E-state index contributed by atoms with van der Waals surface area (Å²) in [6.45, 7) is 4.13. The number of alkyl halides is 4. The maximum atomic E-state index is 14.5. The average Bonchev–Trinajstić information content (AvgIpc) is 2.94. The van der Waals surface area contributed by atoms with Crippen molar-refractivity contribution >= 4 is 17.7 Å². The van der Waals surface area contributed by atoms with E-state index in [0.717, 1.165) is 36.6 Å². The van der Waals surface area contributed by atoms with Crippen molar-refractivity contribution in [3.05, 3.63) is 17.6 Å². The first kappa shape index (κ1) is 23.2. The molecule has 1 saturated carbocycles. The second-order valence-electron chi connectivity index (χ2n) is 7.64. The van der Waals surface area contributed by atoms with Gasteiger partial charge in [-0.3, -0.25) is 4.79 Å². The van der Waals surface area contributed by atoms with Gasteiger partial charge in [-0.05, 0) is 25.7 Å². The molecular weight excluding hydrogens is 424 g/mol. The third kappa shape index (κ3) is 5.41. The molecule has 1 aromatic heterocycles. The zero-order valence-corrected chi connectivity index (χ0v) is 16.8. The van der Waals surface area contributed by atoms with E-state index in [4.69, 9.17) is 14.6 Å². The Hall–Kier alpha value is -2.50. The quantitative estimate of drug-likeness (QED) is 0.689. The van der Waals surface area contributed by atoms with E-state index in [1.165, 1.54) is 0 Å². The van der Waals surface area contributed by atoms with E-state index in [0.29, 0.717) is 52.0 Å². The maximum absolute atomic E-state index is 14.5. The van der Waals surface area contributed by atoms with Crippen LogP contribution in [0.5, 0.6) is 0 Å². The molecule has 31 heavy (non-hydrogen) atoms. The number of aromatic nitrogens is 2. The van der Waals surface area contributed by atoms with Gasteiger partial charge >= 0.3 is 12.1 Å². The smallest absolute Gasteiger partial charge is 0.475 e. The number of nitrogens with zero attached hydrogens (tertiary/aromatic N) is 4. The lowest BCUT2D eigenvalue weighted by atomic mass is 9.81. The average molecular weight is 448 g/mol. The number of amides is 1. The van der Waals surface area contributed by atoms with Crippen molar-refractivity contribution in [3.63, 3.8) is 0 Å². The number of carboxylic acid groups (broad SMARTS) is 1. The highest BCUT2D eigenvalue weighted by molar-refractivity contribution is 5.86. The third-order valence-electron chi connectivity index (χ3n) is 5.63. The number of carbonyl (C=O) groups excluding carboxylic acids is 1. The zero-order chi connectivity index (χ0) is 22.6. The number of halogens is 4. The predicted octanol–water partition coefficient (Wildman–Crippen LogP) is 1.77. The maximum Gasteiger partial charge on any atom is 0.490 e. The fraction of sp³-hybridized carbons (Fsp3) is 0.684. The van der Waals surface area contributed by atoms with E-state index in [1.807, 2.05) is 0 Å². The van der Waals surface area contributed by atoms with Gasteiger partial charge in [-0.1, -0.05) is 0 Å². The van der Waals surface area contributed by atoms with Gasteiger partial charge < -0.3 is 19.6 Å². The fourth-order valence-corrected chi connectivity index (χ4v) is 3.74. The minimum absolute atomic E-state index is 0.331. The Kier molecular flexibility index (Phi) is 6.97. The molecule has 3 heterocycles. The summed E-state index contributed by atoms with van der Waals surface area (Å²) < 4.78 is 51.6. The van der Waals surface area contributed by atoms with E-state index < -0.39 is 17.8 Å². The Morgan fingerprint density at radius 1 is 1.06 bits per heavy atom. The van der Waals surface area contributed by atoms with Gasteiger partial charge in [0.25, 0.3) is 5.91 Å². The second-order valence-corrected chi connectivity index (χ2v) is 7.64. The highest BCUT2D eigenvalue weighted by atomic mass is 19.4. The van der Waals surface area contributed by atoms with Gasteiger partial charge in [0.15, 0.2) is 5.67 Å². The molecule has 0 spiro atoms. The molecule has 3 aliphatic rings. The van der Waals surface area contributed by atoms with E-state index >= 15 is 0 Å². The van der Waals surface area contributed by atoms with Gasteiger partial charge in [-0.2, -0.15) is 13.2 Å². The van der Waals surface area contributed by atoms with Crippen LogP contribution in [0.15, 0.2) is 6.33 Å². The van der Waals surface area contributed by atoms with E-state index in [1.54, 1.807) is 11.2 Å². The highest BCUT2D eigenvalue weighted by Crippen LogP contribution is 2.38. The van der Waals surface area contributed by atoms with Gasteiger partial charge in [0.1, 0.15) is 12.1 Å². The number of carboxylic acids is 1. The fourth-order valence-electron chi connectivity index (χ4n) is 3.74. The normalized spacial score (nSPS) is 20.5. The van der Waals surface area contributed by atoms with Crippen LogP contribution in [-0.2, 0) is 27.2 Å². The first-order chi connectivity index (χ1) is 14.6. The lowest BCUT2D eigenvalue weighted by molar-refractivity contribution is -0.192. The molecule has 0 unspecified atom stereocenters. The van der Waals surface area contributed by atoms with Crippen molar-refractivity contribution in [1.29, 1.82) is 0 Å². The number of carbonyl (C=O) groups is 2. The van der Waals surface area contributed by atoms with Crippen molar-refractivity contribution in [3.8, 4) is 0 Å². The summed E-state index contributed by atoms with van der Waals surface area (Å²) >= 11 is 0. The molecule has 1 amide bonds. The van der Waals surface area contributed by atoms with Gasteiger partial charge in [0.05, 0.1) is 18.9 Å². The third-order valence-corrected chi connectivity index (χ3v) is 5.63. The molecule has 2 aliphatic heterocycles. The lowest BCUT2D eigenvalue weighted by Crippen LogP contribution is -2.51. The van der Waals surface area contributed by atoms with Gasteiger partial charge in [0.2, 0.25) is 0 Å². The summed E-state index contributed by atoms with van der Waals surface area (Å²) in [5, 5.41) is 7.12. The molecule has 1 saturated heterocycles. The van der Waals surface area contributed by atoms with E-state index in [9.17, 15) is 22.4 Å². The monoisotopic (exact) mass is 448 g/mol. The number of aliphatic carboxylic acids is 1. The Labute approximate surface area is 176 Å². The largest absolute Gasteiger partial charge is 0.490 e. The molecule has 0 aromatic carbocycles. The summed E-state index contributed by atoms with van der Waals surface area (Å²) in [5.74, 6) is -2.13. The number of anilines is 1. The number of ether oxygens (including phenoxy) is 1. The summed E-state index contributed by atoms with van der Waals surface area (Å²) in [4.78, 5) is 34.2. The molecule has 2 fully saturated rings. The summed E-state index contributed by atoms with van der Waals surface area (Å²) in [6.07, 6.45) is -0.587. The lowest BCUT2D eigenvalue weighted by Gasteiger charge is -2.36. The van der Waals surface area contributed by atoms with Crippen molar-refractivity contribution in [1.82, 2.24) is 14.9 Å². The summed E-state index contributed by atoms with van der Waals surface area (Å²) in [5.41, 5.74) is 0.481. The summed E-state index contributed by atoms with van der Waals surface area (Å²) in [6, 6.07) is 0. The molecule has 0 bridgehead atoms. The molecule has 1 aromatic rings. The molecule has 12 heteroatoms. The van der Waals surface area contributed by atoms with Crippen LogP contribution in [0.25, 0.3) is 0 Å². The van der Waals surface area contributed by atoms with Crippen LogP contribution < -0.4 is 4.90 Å². The van der Waals surface area contributed by atoms with Crippen molar-refractivity contribution in [2.45, 2.75) is 43.9 Å². The molecule has 0 atom stereocenters. The van der Waals surface area contributed by atoms with Crippen molar-refractivity contribution in [2.75, 3.05) is 44.3 Å². The number of rotatable bonds is 2. The van der Waals surface area contributed by atoms with Crippen LogP contribution in [-0.4, -0.2) is 83.1 Å². The minimum atomic E-state index is -5.08. The molecule has 8 nitrogen and oxygen atoms in total. The van der Waals surface area contributed by atoms with Gasteiger partial charge in [0, 0.05) is 38.2 Å². The van der Waals surface area contributed by atoms with Crippen molar-refractivity contribution in [2.24, 2.45) is 0 Å². The number of morpholine rings is 1. The molecule has 4 rings (SSSR count). The Bertz CT molecular complexity index is 811. The molecule has 172 valence electrons. The van der Waals surface area contributed by atoms with Crippen LogP contribution in [0.2, 0.25) is 0 Å². The molecular formula is C19H24F4N4O4. The molecule has 1 N–H and O–H groups in total. The van der Waals surface area contributed by atoms with Crippen LogP contribution in [0.1, 0.15) is 30.5 Å².